The first kappa shape index (κ1) is 28.1. The number of ether oxygens (including phenoxy) is 2. The zero-order valence-electron chi connectivity index (χ0n) is 20.4. The van der Waals surface area contributed by atoms with Gasteiger partial charge in [-0.05, 0) is 43.9 Å². The minimum absolute atomic E-state index is 0.0295. The molecule has 0 radical (unpaired) electrons. The van der Waals surface area contributed by atoms with Crippen molar-refractivity contribution in [2.24, 2.45) is 23.7 Å². The zero-order valence-corrected chi connectivity index (χ0v) is 20.4. The molecule has 4 atom stereocenters. The number of ketones is 2. The third-order valence-electron chi connectivity index (χ3n) is 6.71. The van der Waals surface area contributed by atoms with Crippen LogP contribution >= 0.6 is 0 Å². The molecule has 2 saturated carbocycles. The predicted octanol–water partition coefficient (Wildman–Crippen LogP) is 5.23. The predicted molar refractivity (Wildman–Crippen MR) is 124 cm³/mol. The van der Waals surface area contributed by atoms with Crippen LogP contribution in [0.2, 0.25) is 0 Å². The van der Waals surface area contributed by atoms with Crippen LogP contribution in [0.5, 0.6) is 0 Å². The van der Waals surface area contributed by atoms with Crippen molar-refractivity contribution in [3.05, 3.63) is 12.2 Å². The van der Waals surface area contributed by atoms with Gasteiger partial charge in [-0.2, -0.15) is 0 Å². The highest BCUT2D eigenvalue weighted by Gasteiger charge is 2.36. The van der Waals surface area contributed by atoms with E-state index in [1.165, 1.54) is 27.1 Å². The van der Waals surface area contributed by atoms with E-state index in [-0.39, 0.29) is 35.6 Å². The fraction of sp³-hybridized carbons (Fsp3) is 0.769. The van der Waals surface area contributed by atoms with Gasteiger partial charge in [0, 0.05) is 37.5 Å². The first-order valence-corrected chi connectivity index (χ1v) is 12.2. The smallest absolute Gasteiger partial charge is 0.305 e. The van der Waals surface area contributed by atoms with Gasteiger partial charge in [-0.15, -0.1) is 0 Å². The Balaban J connectivity index is 0.000000320. The second-order valence-corrected chi connectivity index (χ2v) is 8.91. The fourth-order valence-electron chi connectivity index (χ4n) is 4.78. The van der Waals surface area contributed by atoms with Gasteiger partial charge in [-0.25, -0.2) is 0 Å². The number of methoxy groups -OCH3 is 2. The van der Waals surface area contributed by atoms with Crippen molar-refractivity contribution in [1.82, 2.24) is 0 Å². The number of carbonyl (C=O) groups excluding carboxylic acids is 4. The van der Waals surface area contributed by atoms with Crippen molar-refractivity contribution in [2.75, 3.05) is 14.2 Å². The van der Waals surface area contributed by atoms with E-state index < -0.39 is 0 Å². The first-order valence-electron chi connectivity index (χ1n) is 12.2. The first-order chi connectivity index (χ1) is 15.4. The Morgan fingerprint density at radius 2 is 1.38 bits per heavy atom. The van der Waals surface area contributed by atoms with Crippen LogP contribution in [-0.2, 0) is 28.7 Å². The number of carbonyl (C=O) groups is 4. The molecule has 32 heavy (non-hydrogen) atoms. The quantitative estimate of drug-likeness (QED) is 0.243. The van der Waals surface area contributed by atoms with Crippen molar-refractivity contribution in [3.8, 4) is 0 Å². The summed E-state index contributed by atoms with van der Waals surface area (Å²) < 4.78 is 9.32. The van der Waals surface area contributed by atoms with Gasteiger partial charge in [0.05, 0.1) is 14.2 Å². The molecule has 0 aromatic carbocycles. The summed E-state index contributed by atoms with van der Waals surface area (Å²) in [5.74, 6) is 0.829. The van der Waals surface area contributed by atoms with Crippen molar-refractivity contribution in [3.63, 3.8) is 0 Å². The van der Waals surface area contributed by atoms with Crippen molar-refractivity contribution in [1.29, 1.82) is 0 Å². The Kier molecular flexibility index (Phi) is 13.8. The van der Waals surface area contributed by atoms with E-state index in [4.69, 9.17) is 0 Å². The fourth-order valence-corrected chi connectivity index (χ4v) is 4.78. The number of hydrogen-bond acceptors (Lipinski definition) is 6. The molecule has 2 aliphatic carbocycles. The van der Waals surface area contributed by atoms with Crippen LogP contribution < -0.4 is 0 Å². The SMILES string of the molecule is CC/C=C\C[C@H]1C(=O)CC[C@@H]1CC(=O)OC.CCCCCC1C(=O)CCC1CC(=O)OC. The lowest BCUT2D eigenvalue weighted by molar-refractivity contribution is -0.143. The second kappa shape index (κ2) is 15.8. The van der Waals surface area contributed by atoms with Gasteiger partial charge in [0.2, 0.25) is 0 Å². The lowest BCUT2D eigenvalue weighted by atomic mass is 9.88. The summed E-state index contributed by atoms with van der Waals surface area (Å²) in [5, 5.41) is 0. The molecule has 6 nitrogen and oxygen atoms in total. The van der Waals surface area contributed by atoms with Gasteiger partial charge in [0.1, 0.15) is 11.6 Å². The average Bonchev–Trinajstić information content (AvgIpc) is 3.31. The standard InChI is InChI=1S/C13H22O3.C13H20O3/c2*1-3-4-5-6-11-10(7-8-12(11)14)9-13(15)16-2/h10-11H,3-9H2,1-2H3;4-5,10-11H,3,6-9H2,1-2H3/b;5-4-/t;10-,11-/m.1/s1. The van der Waals surface area contributed by atoms with Gasteiger partial charge in [-0.3, -0.25) is 19.2 Å². The van der Waals surface area contributed by atoms with E-state index >= 15 is 0 Å². The summed E-state index contributed by atoms with van der Waals surface area (Å²) in [6.07, 6.45) is 14.0. The van der Waals surface area contributed by atoms with E-state index in [9.17, 15) is 19.2 Å². The van der Waals surface area contributed by atoms with Crippen LogP contribution in [0.1, 0.15) is 90.9 Å². The van der Waals surface area contributed by atoms with Crippen LogP contribution in [0.15, 0.2) is 12.2 Å². The van der Waals surface area contributed by atoms with Crippen molar-refractivity contribution < 1.29 is 28.7 Å². The number of unbranched alkanes of at least 4 members (excludes halogenated alkanes) is 2. The van der Waals surface area contributed by atoms with Crippen LogP contribution in [-0.4, -0.2) is 37.7 Å². The largest absolute Gasteiger partial charge is 0.469 e. The maximum atomic E-state index is 11.7. The Hall–Kier alpha value is -1.98. The van der Waals surface area contributed by atoms with Gasteiger partial charge < -0.3 is 9.47 Å². The highest BCUT2D eigenvalue weighted by molar-refractivity contribution is 5.85. The molecule has 0 spiro atoms. The normalized spacial score (nSPS) is 25.0. The van der Waals surface area contributed by atoms with Crippen molar-refractivity contribution >= 4 is 23.5 Å². The van der Waals surface area contributed by atoms with Gasteiger partial charge in [-0.1, -0.05) is 45.3 Å². The number of Topliss-reactive ketones (excluding diaryl/α,β-unsaturated/α-hetero) is 2. The third-order valence-corrected chi connectivity index (χ3v) is 6.71. The van der Waals surface area contributed by atoms with Gasteiger partial charge in [0.15, 0.2) is 0 Å². The van der Waals surface area contributed by atoms with Crippen LogP contribution in [0.3, 0.4) is 0 Å². The molecule has 2 aliphatic rings. The second-order valence-electron chi connectivity index (χ2n) is 8.91. The van der Waals surface area contributed by atoms with E-state index in [1.54, 1.807) is 0 Å². The Morgan fingerprint density at radius 3 is 1.88 bits per heavy atom. The molecule has 2 fully saturated rings. The van der Waals surface area contributed by atoms with E-state index in [2.05, 4.69) is 35.5 Å². The monoisotopic (exact) mass is 450 g/mol. The van der Waals surface area contributed by atoms with E-state index in [0.29, 0.717) is 37.2 Å². The molecule has 0 aromatic rings. The molecule has 0 aromatic heterocycles. The molecule has 0 N–H and O–H groups in total. The summed E-state index contributed by atoms with van der Waals surface area (Å²) in [6, 6.07) is 0. The third kappa shape index (κ3) is 9.66. The van der Waals surface area contributed by atoms with Gasteiger partial charge >= 0.3 is 11.9 Å². The Morgan fingerprint density at radius 1 is 0.844 bits per heavy atom. The molecular weight excluding hydrogens is 408 g/mol. The van der Waals surface area contributed by atoms with Gasteiger partial charge in [0.25, 0.3) is 0 Å². The molecular formula is C26H42O6. The Labute approximate surface area is 193 Å². The maximum Gasteiger partial charge on any atom is 0.305 e. The molecule has 2 rings (SSSR count). The number of allylic oxidation sites excluding steroid dienone is 2. The zero-order chi connectivity index (χ0) is 23.9. The molecule has 0 aliphatic heterocycles. The lowest BCUT2D eigenvalue weighted by Gasteiger charge is -2.16. The molecule has 182 valence electrons. The molecule has 0 saturated heterocycles. The number of hydrogen-bond donors (Lipinski definition) is 0. The highest BCUT2D eigenvalue weighted by Crippen LogP contribution is 2.35. The molecule has 0 bridgehead atoms. The van der Waals surface area contributed by atoms with E-state index in [1.807, 2.05) is 0 Å². The summed E-state index contributed by atoms with van der Waals surface area (Å²) in [6.45, 7) is 4.22. The molecule has 6 heteroatoms. The molecule has 0 amide bonds. The van der Waals surface area contributed by atoms with Crippen LogP contribution in [0.25, 0.3) is 0 Å². The van der Waals surface area contributed by atoms with Crippen LogP contribution in [0, 0.1) is 23.7 Å². The molecule has 0 heterocycles. The minimum Gasteiger partial charge on any atom is -0.469 e. The summed E-state index contributed by atoms with van der Waals surface area (Å²) in [7, 11) is 2.80. The summed E-state index contributed by atoms with van der Waals surface area (Å²) in [5.41, 5.74) is 0. The topological polar surface area (TPSA) is 86.7 Å². The van der Waals surface area contributed by atoms with Crippen molar-refractivity contribution in [2.45, 2.75) is 90.9 Å². The lowest BCUT2D eigenvalue weighted by Crippen LogP contribution is -2.18. The number of rotatable bonds is 11. The Bertz CT molecular complexity index is 638. The van der Waals surface area contributed by atoms with Crippen LogP contribution in [0.4, 0.5) is 0 Å². The maximum absolute atomic E-state index is 11.7. The summed E-state index contributed by atoms with van der Waals surface area (Å²) in [4.78, 5) is 45.8. The minimum atomic E-state index is -0.204. The molecule has 2 unspecified atom stereocenters. The van der Waals surface area contributed by atoms with E-state index in [0.717, 1.165) is 38.5 Å². The summed E-state index contributed by atoms with van der Waals surface area (Å²) >= 11 is 0. The highest BCUT2D eigenvalue weighted by atomic mass is 16.5. The number of esters is 2. The average molecular weight is 451 g/mol.